The van der Waals surface area contributed by atoms with Crippen molar-refractivity contribution in [2.24, 2.45) is 17.8 Å². The van der Waals surface area contributed by atoms with Gasteiger partial charge in [0.05, 0.1) is 30.4 Å². The van der Waals surface area contributed by atoms with Gasteiger partial charge in [0.25, 0.3) is 0 Å². The summed E-state index contributed by atoms with van der Waals surface area (Å²) in [6, 6.07) is 8.93. The van der Waals surface area contributed by atoms with E-state index in [9.17, 15) is 5.11 Å². The molecule has 0 saturated heterocycles. The van der Waals surface area contributed by atoms with Crippen molar-refractivity contribution in [1.29, 1.82) is 0 Å². The minimum atomic E-state index is -0.149. The van der Waals surface area contributed by atoms with Gasteiger partial charge in [0.1, 0.15) is 0 Å². The summed E-state index contributed by atoms with van der Waals surface area (Å²) in [4.78, 5) is 4.36. The monoisotopic (exact) mass is 280 g/mol. The van der Waals surface area contributed by atoms with Crippen LogP contribution in [0.15, 0.2) is 36.8 Å². The normalized spacial score (nSPS) is 36.5. The summed E-state index contributed by atoms with van der Waals surface area (Å²) < 4.78 is 2.30. The molecular weight excluding hydrogens is 260 g/mol. The van der Waals surface area contributed by atoms with E-state index in [1.165, 1.54) is 42.5 Å². The predicted octanol–water partition coefficient (Wildman–Crippen LogP) is 3.25. The van der Waals surface area contributed by atoms with Crippen molar-refractivity contribution in [3.63, 3.8) is 0 Å². The zero-order chi connectivity index (χ0) is 14.0. The van der Waals surface area contributed by atoms with Gasteiger partial charge in [-0.1, -0.05) is 24.3 Å². The molecule has 6 rings (SSSR count). The maximum absolute atomic E-state index is 10.9. The Labute approximate surface area is 124 Å². The van der Waals surface area contributed by atoms with E-state index < -0.39 is 0 Å². The van der Waals surface area contributed by atoms with Gasteiger partial charge in [-0.05, 0) is 43.1 Å². The first kappa shape index (κ1) is 12.0. The maximum Gasteiger partial charge on any atom is 0.0956 e. The van der Waals surface area contributed by atoms with Crippen molar-refractivity contribution >= 4 is 0 Å². The molecule has 4 aliphatic rings. The minimum Gasteiger partial charge on any atom is -0.392 e. The van der Waals surface area contributed by atoms with Gasteiger partial charge in [0.15, 0.2) is 0 Å². The Bertz CT molecular complexity index is 682. The van der Waals surface area contributed by atoms with Crippen LogP contribution >= 0.6 is 0 Å². The Morgan fingerprint density at radius 3 is 2.62 bits per heavy atom. The van der Waals surface area contributed by atoms with Gasteiger partial charge in [0.2, 0.25) is 0 Å². The van der Waals surface area contributed by atoms with E-state index in [0.29, 0.717) is 17.8 Å². The number of aliphatic hydroxyl groups excluding tert-OH is 1. The number of hydrogen-bond donors (Lipinski definition) is 1. The molecule has 21 heavy (non-hydrogen) atoms. The lowest BCUT2D eigenvalue weighted by Gasteiger charge is -2.49. The van der Waals surface area contributed by atoms with Crippen molar-refractivity contribution in [2.45, 2.75) is 37.8 Å². The first-order chi connectivity index (χ1) is 10.3. The lowest BCUT2D eigenvalue weighted by atomic mass is 9.60. The van der Waals surface area contributed by atoms with Gasteiger partial charge in [-0.3, -0.25) is 0 Å². The summed E-state index contributed by atoms with van der Waals surface area (Å²) in [7, 11) is 0. The molecule has 2 aromatic rings. The van der Waals surface area contributed by atoms with Crippen LogP contribution in [0.1, 0.15) is 37.3 Å². The largest absolute Gasteiger partial charge is 0.392 e. The summed E-state index contributed by atoms with van der Waals surface area (Å²) >= 11 is 0. The standard InChI is InChI=1S/C18H20N2O/c21-18-12-7-5-11(6-8-12)16(18)17-14-4-2-1-3-13(14)15-9-19-10-20(15)17/h1-4,9-12,16-18,21H,5-8H2/t11?,12?,16-,17-,18+/m1/s1. The van der Waals surface area contributed by atoms with Crippen LogP contribution < -0.4 is 0 Å². The van der Waals surface area contributed by atoms with E-state index in [0.717, 1.165) is 0 Å². The molecule has 1 aromatic carbocycles. The zero-order valence-electron chi connectivity index (χ0n) is 12.0. The number of imidazole rings is 1. The number of nitrogens with zero attached hydrogens (tertiary/aromatic N) is 2. The van der Waals surface area contributed by atoms with Crippen LogP contribution in [0.25, 0.3) is 11.3 Å². The molecule has 0 unspecified atom stereocenters. The predicted molar refractivity (Wildman–Crippen MR) is 80.7 cm³/mol. The summed E-state index contributed by atoms with van der Waals surface area (Å²) in [5.41, 5.74) is 3.89. The number of benzene rings is 1. The van der Waals surface area contributed by atoms with Gasteiger partial charge in [-0.2, -0.15) is 0 Å². The van der Waals surface area contributed by atoms with Crippen molar-refractivity contribution in [3.05, 3.63) is 42.4 Å². The average molecular weight is 280 g/mol. The van der Waals surface area contributed by atoms with Crippen molar-refractivity contribution < 1.29 is 5.11 Å². The second-order valence-electron chi connectivity index (χ2n) is 6.96. The summed E-state index contributed by atoms with van der Waals surface area (Å²) in [5.74, 6) is 1.53. The first-order valence-corrected chi connectivity index (χ1v) is 8.14. The topological polar surface area (TPSA) is 38.1 Å². The molecule has 3 heteroatoms. The van der Waals surface area contributed by atoms with E-state index in [1.807, 2.05) is 12.5 Å². The highest BCUT2D eigenvalue weighted by Crippen LogP contribution is 2.54. The molecule has 1 aliphatic heterocycles. The molecule has 3 aliphatic carbocycles. The van der Waals surface area contributed by atoms with Gasteiger partial charge in [-0.15, -0.1) is 0 Å². The molecule has 3 nitrogen and oxygen atoms in total. The van der Waals surface area contributed by atoms with Gasteiger partial charge < -0.3 is 9.67 Å². The fraction of sp³-hybridized carbons (Fsp3) is 0.500. The third-order valence-corrected chi connectivity index (χ3v) is 6.12. The van der Waals surface area contributed by atoms with Crippen molar-refractivity contribution in [1.82, 2.24) is 9.55 Å². The Morgan fingerprint density at radius 1 is 1.05 bits per heavy atom. The molecule has 1 N–H and O–H groups in total. The molecule has 3 saturated carbocycles. The highest BCUT2D eigenvalue weighted by Gasteiger charge is 2.49. The second kappa shape index (κ2) is 4.20. The number of hydrogen-bond acceptors (Lipinski definition) is 2. The van der Waals surface area contributed by atoms with E-state index >= 15 is 0 Å². The second-order valence-corrected chi connectivity index (χ2v) is 6.96. The molecule has 0 spiro atoms. The van der Waals surface area contributed by atoms with E-state index in [1.54, 1.807) is 0 Å². The van der Waals surface area contributed by atoms with Gasteiger partial charge in [0, 0.05) is 11.5 Å². The molecule has 0 radical (unpaired) electrons. The number of fused-ring (bicyclic) bond motifs is 6. The third-order valence-electron chi connectivity index (χ3n) is 6.12. The Balaban J connectivity index is 1.67. The third kappa shape index (κ3) is 1.50. The fourth-order valence-electron chi connectivity index (χ4n) is 5.17. The van der Waals surface area contributed by atoms with Gasteiger partial charge in [-0.25, -0.2) is 4.98 Å². The average Bonchev–Trinajstić information content (AvgIpc) is 3.10. The number of aromatic nitrogens is 2. The van der Waals surface area contributed by atoms with Crippen LogP contribution in [0.2, 0.25) is 0 Å². The Morgan fingerprint density at radius 2 is 1.81 bits per heavy atom. The van der Waals surface area contributed by atoms with E-state index in [2.05, 4.69) is 33.8 Å². The number of rotatable bonds is 1. The lowest BCUT2D eigenvalue weighted by molar-refractivity contribution is -0.0693. The summed E-state index contributed by atoms with van der Waals surface area (Å²) in [5, 5.41) is 10.9. The van der Waals surface area contributed by atoms with E-state index in [4.69, 9.17) is 0 Å². The smallest absolute Gasteiger partial charge is 0.0956 e. The van der Waals surface area contributed by atoms with Crippen molar-refractivity contribution in [2.75, 3.05) is 0 Å². The summed E-state index contributed by atoms with van der Waals surface area (Å²) in [6.45, 7) is 0. The minimum absolute atomic E-state index is 0.149. The molecule has 0 amide bonds. The molecule has 3 fully saturated rings. The van der Waals surface area contributed by atoms with Crippen LogP contribution in [0.3, 0.4) is 0 Å². The first-order valence-electron chi connectivity index (χ1n) is 8.14. The molecular formula is C18H20N2O. The number of aliphatic hydroxyl groups is 1. The van der Waals surface area contributed by atoms with Crippen LogP contribution in [-0.4, -0.2) is 20.8 Å². The maximum atomic E-state index is 10.9. The highest BCUT2D eigenvalue weighted by atomic mass is 16.3. The molecule has 3 atom stereocenters. The van der Waals surface area contributed by atoms with E-state index in [-0.39, 0.29) is 12.1 Å². The Hall–Kier alpha value is -1.61. The van der Waals surface area contributed by atoms with Crippen LogP contribution in [0.5, 0.6) is 0 Å². The molecule has 2 bridgehead atoms. The molecule has 2 heterocycles. The fourth-order valence-corrected chi connectivity index (χ4v) is 5.17. The highest BCUT2D eigenvalue weighted by molar-refractivity contribution is 5.69. The zero-order valence-corrected chi connectivity index (χ0v) is 12.0. The SMILES string of the molecule is O[C@H]1C2CCC(CC2)[C@@H]1[C@H]1c2ccccc2-c2cncn21. The van der Waals surface area contributed by atoms with Crippen LogP contribution in [0, 0.1) is 17.8 Å². The lowest BCUT2D eigenvalue weighted by Crippen LogP contribution is -2.47. The van der Waals surface area contributed by atoms with Crippen LogP contribution in [-0.2, 0) is 0 Å². The van der Waals surface area contributed by atoms with Crippen molar-refractivity contribution in [3.8, 4) is 11.3 Å². The summed E-state index contributed by atoms with van der Waals surface area (Å²) in [6.07, 6.45) is 8.77. The molecule has 108 valence electrons. The van der Waals surface area contributed by atoms with Crippen LogP contribution in [0.4, 0.5) is 0 Å². The van der Waals surface area contributed by atoms with Gasteiger partial charge >= 0.3 is 0 Å². The Kier molecular flexibility index (Phi) is 2.40. The quantitative estimate of drug-likeness (QED) is 0.870. The molecule has 1 aromatic heterocycles.